The topological polar surface area (TPSA) is 114 Å². The van der Waals surface area contributed by atoms with Crippen LogP contribution in [0.2, 0.25) is 0 Å². The van der Waals surface area contributed by atoms with E-state index < -0.39 is 15.8 Å². The van der Waals surface area contributed by atoms with E-state index in [4.69, 9.17) is 9.57 Å². The van der Waals surface area contributed by atoms with Gasteiger partial charge in [-0.15, -0.1) is 0 Å². The van der Waals surface area contributed by atoms with Crippen LogP contribution in [0.5, 0.6) is 5.75 Å². The molecule has 0 radical (unpaired) electrons. The number of rotatable bonds is 11. The Kier molecular flexibility index (Phi) is 8.94. The fourth-order valence-electron chi connectivity index (χ4n) is 4.56. The third-order valence-corrected chi connectivity index (χ3v) is 8.56. The zero-order chi connectivity index (χ0) is 29.5. The second kappa shape index (κ2) is 13.0. The molecule has 1 aliphatic rings. The predicted molar refractivity (Wildman–Crippen MR) is 156 cm³/mol. The molecule has 10 nitrogen and oxygen atoms in total. The Labute approximate surface area is 243 Å². The van der Waals surface area contributed by atoms with Crippen LogP contribution < -0.4 is 14.5 Å². The molecule has 1 N–H and O–H groups in total. The molecule has 12 heteroatoms. The Balaban J connectivity index is 1.24. The number of aromatic nitrogens is 2. The number of ether oxygens (including phenoxy) is 1. The SMILES string of the molecule is CN1CCC(COc2ccc(-c3cc(Nc4ccc(N(OC=O)S(=O)(=O)c5ccc(F)cc5)cc4)ncn3)cc2)CC1. The smallest absolute Gasteiger partial charge is 0.322 e. The van der Waals surface area contributed by atoms with Crippen LogP contribution in [0, 0.1) is 11.7 Å². The number of halogens is 1. The number of piperidine rings is 1. The molecule has 0 aliphatic carbocycles. The molecule has 0 saturated carbocycles. The summed E-state index contributed by atoms with van der Waals surface area (Å²) in [4.78, 5) is 26.6. The van der Waals surface area contributed by atoms with Crippen molar-refractivity contribution in [3.63, 3.8) is 0 Å². The highest BCUT2D eigenvalue weighted by Crippen LogP contribution is 2.28. The number of nitrogens with zero attached hydrogens (tertiary/aromatic N) is 4. The maximum absolute atomic E-state index is 13.3. The highest BCUT2D eigenvalue weighted by molar-refractivity contribution is 7.92. The highest BCUT2D eigenvalue weighted by Gasteiger charge is 2.27. The molecular formula is C30H30FN5O5S. The van der Waals surface area contributed by atoms with Crippen molar-refractivity contribution >= 4 is 33.7 Å². The Bertz CT molecular complexity index is 1590. The van der Waals surface area contributed by atoms with Gasteiger partial charge in [-0.2, -0.15) is 8.42 Å². The molecule has 218 valence electrons. The van der Waals surface area contributed by atoms with Crippen molar-refractivity contribution in [2.24, 2.45) is 5.92 Å². The van der Waals surface area contributed by atoms with Crippen LogP contribution in [-0.2, 0) is 19.7 Å². The van der Waals surface area contributed by atoms with Gasteiger partial charge in [0.1, 0.15) is 23.7 Å². The molecule has 1 aliphatic heterocycles. The first-order chi connectivity index (χ1) is 20.3. The Morgan fingerprint density at radius 3 is 2.36 bits per heavy atom. The average molecular weight is 592 g/mol. The summed E-state index contributed by atoms with van der Waals surface area (Å²) >= 11 is 0. The van der Waals surface area contributed by atoms with E-state index in [1.54, 1.807) is 18.2 Å². The largest absolute Gasteiger partial charge is 0.493 e. The number of carbonyl (C=O) groups excluding carboxylic acids is 1. The quantitative estimate of drug-likeness (QED) is 0.189. The molecule has 1 fully saturated rings. The molecule has 5 rings (SSSR count). The molecule has 4 aromatic rings. The molecule has 42 heavy (non-hydrogen) atoms. The first-order valence-electron chi connectivity index (χ1n) is 13.3. The Morgan fingerprint density at radius 2 is 1.69 bits per heavy atom. The first-order valence-corrected chi connectivity index (χ1v) is 14.8. The number of anilines is 3. The number of hydrogen-bond acceptors (Lipinski definition) is 9. The fraction of sp³-hybridized carbons (Fsp3) is 0.233. The molecule has 0 unspecified atom stereocenters. The van der Waals surface area contributed by atoms with Gasteiger partial charge in [-0.3, -0.25) is 4.79 Å². The van der Waals surface area contributed by atoms with Crippen molar-refractivity contribution in [2.75, 3.05) is 36.5 Å². The maximum Gasteiger partial charge on any atom is 0.322 e. The van der Waals surface area contributed by atoms with Crippen molar-refractivity contribution < 1.29 is 27.2 Å². The summed E-state index contributed by atoms with van der Waals surface area (Å²) in [6.45, 7) is 2.93. The van der Waals surface area contributed by atoms with Gasteiger partial charge in [0.2, 0.25) is 0 Å². The predicted octanol–water partition coefficient (Wildman–Crippen LogP) is 5.03. The molecule has 0 bridgehead atoms. The lowest BCUT2D eigenvalue weighted by Crippen LogP contribution is -2.32. The van der Waals surface area contributed by atoms with Gasteiger partial charge in [-0.25, -0.2) is 14.4 Å². The Morgan fingerprint density at radius 1 is 1.00 bits per heavy atom. The summed E-state index contributed by atoms with van der Waals surface area (Å²) in [5.74, 6) is 1.32. The summed E-state index contributed by atoms with van der Waals surface area (Å²) in [5.41, 5.74) is 2.28. The molecular weight excluding hydrogens is 561 g/mol. The zero-order valence-corrected chi connectivity index (χ0v) is 23.7. The number of likely N-dealkylation sites (tertiary alicyclic amines) is 1. The van der Waals surface area contributed by atoms with E-state index >= 15 is 0 Å². The minimum Gasteiger partial charge on any atom is -0.493 e. The summed E-state index contributed by atoms with van der Waals surface area (Å²) < 4.78 is 45.8. The monoisotopic (exact) mass is 591 g/mol. The van der Waals surface area contributed by atoms with Crippen LogP contribution in [-0.4, -0.2) is 56.5 Å². The standard InChI is InChI=1S/C30H30FN5O5S/c1-35-16-14-22(15-17-35)19-40-27-10-2-23(3-11-27)29-18-30(33-20-32-29)34-25-6-8-26(9-7-25)36(41-21-37)42(38,39)28-12-4-24(31)5-13-28/h2-13,18,20-22H,14-17,19H2,1H3,(H,32,33,34). The van der Waals surface area contributed by atoms with Gasteiger partial charge in [0.25, 0.3) is 10.0 Å². The first kappa shape index (κ1) is 29.0. The molecule has 0 spiro atoms. The van der Waals surface area contributed by atoms with E-state index in [0.717, 1.165) is 61.5 Å². The number of benzene rings is 3. The van der Waals surface area contributed by atoms with Gasteiger partial charge in [0.05, 0.1) is 22.9 Å². The van der Waals surface area contributed by atoms with Crippen LogP contribution in [0.1, 0.15) is 12.8 Å². The third-order valence-electron chi connectivity index (χ3n) is 6.96. The van der Waals surface area contributed by atoms with Crippen LogP contribution in [0.15, 0.2) is 90.1 Å². The van der Waals surface area contributed by atoms with Crippen LogP contribution in [0.3, 0.4) is 0 Å². The maximum atomic E-state index is 13.3. The number of hydrogen-bond donors (Lipinski definition) is 1. The van der Waals surface area contributed by atoms with E-state index in [1.807, 2.05) is 24.3 Å². The van der Waals surface area contributed by atoms with Crippen LogP contribution in [0.25, 0.3) is 11.3 Å². The third kappa shape index (κ3) is 7.01. The minimum absolute atomic E-state index is 0.00392. The van der Waals surface area contributed by atoms with Gasteiger partial charge in [0, 0.05) is 17.3 Å². The van der Waals surface area contributed by atoms with E-state index in [9.17, 15) is 17.6 Å². The second-order valence-electron chi connectivity index (χ2n) is 9.93. The van der Waals surface area contributed by atoms with Gasteiger partial charge >= 0.3 is 6.47 Å². The van der Waals surface area contributed by atoms with Crippen LogP contribution >= 0.6 is 0 Å². The number of nitrogens with one attached hydrogen (secondary N) is 1. The van der Waals surface area contributed by atoms with Crippen molar-refractivity contribution in [2.45, 2.75) is 17.7 Å². The summed E-state index contributed by atoms with van der Waals surface area (Å²) in [6, 6.07) is 19.9. The molecule has 1 saturated heterocycles. The van der Waals surface area contributed by atoms with Crippen molar-refractivity contribution in [1.82, 2.24) is 14.9 Å². The molecule has 0 amide bonds. The lowest BCUT2D eigenvalue weighted by atomic mass is 9.98. The van der Waals surface area contributed by atoms with Crippen molar-refractivity contribution in [3.8, 4) is 17.0 Å². The summed E-state index contributed by atoms with van der Waals surface area (Å²) in [7, 11) is -2.15. The lowest BCUT2D eigenvalue weighted by Gasteiger charge is -2.28. The van der Waals surface area contributed by atoms with E-state index in [2.05, 4.69) is 27.2 Å². The second-order valence-corrected chi connectivity index (χ2v) is 11.7. The lowest BCUT2D eigenvalue weighted by molar-refractivity contribution is -0.128. The minimum atomic E-state index is -4.29. The molecule has 0 atom stereocenters. The van der Waals surface area contributed by atoms with Gasteiger partial charge in [0.15, 0.2) is 0 Å². The zero-order valence-electron chi connectivity index (χ0n) is 22.9. The van der Waals surface area contributed by atoms with Gasteiger partial charge in [-0.1, -0.05) is 4.47 Å². The van der Waals surface area contributed by atoms with Gasteiger partial charge in [-0.05, 0) is 112 Å². The molecule has 3 aromatic carbocycles. The fourth-order valence-corrected chi connectivity index (χ4v) is 5.78. The van der Waals surface area contributed by atoms with Crippen molar-refractivity contribution in [1.29, 1.82) is 0 Å². The molecule has 1 aromatic heterocycles. The van der Waals surface area contributed by atoms with E-state index in [1.165, 1.54) is 18.5 Å². The van der Waals surface area contributed by atoms with E-state index in [-0.39, 0.29) is 17.1 Å². The van der Waals surface area contributed by atoms with E-state index in [0.29, 0.717) is 34.2 Å². The molecule has 2 heterocycles. The normalized spacial score (nSPS) is 14.2. The highest BCUT2D eigenvalue weighted by atomic mass is 32.2. The van der Waals surface area contributed by atoms with Crippen LogP contribution in [0.4, 0.5) is 21.6 Å². The van der Waals surface area contributed by atoms with Crippen molar-refractivity contribution in [3.05, 3.63) is 91.0 Å². The Hall–Kier alpha value is -4.55. The van der Waals surface area contributed by atoms with Gasteiger partial charge < -0.3 is 19.8 Å². The average Bonchev–Trinajstić information content (AvgIpc) is 3.01. The summed E-state index contributed by atoms with van der Waals surface area (Å²) in [6.07, 6.45) is 3.74. The summed E-state index contributed by atoms with van der Waals surface area (Å²) in [5, 5.41) is 3.16. The number of sulfonamides is 1. The number of carbonyl (C=O) groups is 1.